The molecule has 0 aromatic heterocycles. The van der Waals surface area contributed by atoms with Crippen molar-refractivity contribution >= 4 is 6.03 Å². The second-order valence-electron chi connectivity index (χ2n) is 5.97. The third-order valence-corrected chi connectivity index (χ3v) is 2.89. The fraction of sp³-hybridized carbons (Fsp3) is 0.917. The van der Waals surface area contributed by atoms with Crippen molar-refractivity contribution in [1.82, 2.24) is 10.2 Å². The summed E-state index contributed by atoms with van der Waals surface area (Å²) in [4.78, 5) is 13.4. The van der Waals surface area contributed by atoms with Gasteiger partial charge in [0.2, 0.25) is 0 Å². The topological polar surface area (TPSA) is 52.6 Å². The summed E-state index contributed by atoms with van der Waals surface area (Å²) in [5.41, 5.74) is -0.895. The van der Waals surface area contributed by atoms with E-state index in [1.807, 2.05) is 20.8 Å². The smallest absolute Gasteiger partial charge is 0.317 e. The molecule has 0 bridgehead atoms. The van der Waals surface area contributed by atoms with Crippen LogP contribution in [0.3, 0.4) is 0 Å². The van der Waals surface area contributed by atoms with Crippen LogP contribution in [0.1, 0.15) is 46.5 Å². The lowest BCUT2D eigenvalue weighted by molar-refractivity contribution is 0.0241. The monoisotopic (exact) mass is 228 g/mol. The molecule has 0 atom stereocenters. The van der Waals surface area contributed by atoms with Crippen LogP contribution in [0.25, 0.3) is 0 Å². The molecule has 1 saturated carbocycles. The number of rotatable bonds is 2. The van der Waals surface area contributed by atoms with E-state index < -0.39 is 5.60 Å². The van der Waals surface area contributed by atoms with Gasteiger partial charge in [-0.1, -0.05) is 12.8 Å². The maximum absolute atomic E-state index is 11.8. The molecule has 0 radical (unpaired) electrons. The van der Waals surface area contributed by atoms with E-state index in [0.29, 0.717) is 6.54 Å². The zero-order valence-electron chi connectivity index (χ0n) is 10.8. The average Bonchev–Trinajstić information content (AvgIpc) is 2.48. The Morgan fingerprint density at radius 2 is 1.88 bits per heavy atom. The number of urea groups is 1. The number of carbonyl (C=O) groups excluding carboxylic acids is 1. The predicted octanol–water partition coefficient (Wildman–Crippen LogP) is 1.73. The summed E-state index contributed by atoms with van der Waals surface area (Å²) in [6, 6.07) is -0.118. The molecule has 1 rings (SSSR count). The molecule has 16 heavy (non-hydrogen) atoms. The predicted molar refractivity (Wildman–Crippen MR) is 64.3 cm³/mol. The van der Waals surface area contributed by atoms with Crippen LogP contribution in [0, 0.1) is 0 Å². The molecule has 1 fully saturated rings. The Hall–Kier alpha value is -0.770. The van der Waals surface area contributed by atoms with Gasteiger partial charge in [-0.2, -0.15) is 0 Å². The molecular formula is C12H24N2O2. The number of hydrogen-bond acceptors (Lipinski definition) is 2. The highest BCUT2D eigenvalue weighted by atomic mass is 16.3. The molecule has 0 heterocycles. The van der Waals surface area contributed by atoms with Gasteiger partial charge in [-0.3, -0.25) is 0 Å². The van der Waals surface area contributed by atoms with Crippen molar-refractivity contribution in [2.75, 3.05) is 13.6 Å². The number of likely N-dealkylation sites (N-methyl/N-ethyl adjacent to an activating group) is 1. The Morgan fingerprint density at radius 3 is 2.31 bits per heavy atom. The van der Waals surface area contributed by atoms with Gasteiger partial charge in [-0.15, -0.1) is 0 Å². The first kappa shape index (κ1) is 13.3. The molecule has 0 aliphatic heterocycles. The van der Waals surface area contributed by atoms with E-state index in [0.717, 1.165) is 25.7 Å². The van der Waals surface area contributed by atoms with Gasteiger partial charge in [-0.25, -0.2) is 4.79 Å². The zero-order chi connectivity index (χ0) is 12.4. The van der Waals surface area contributed by atoms with Crippen molar-refractivity contribution in [2.24, 2.45) is 0 Å². The number of nitrogens with zero attached hydrogens (tertiary/aromatic N) is 1. The third-order valence-electron chi connectivity index (χ3n) is 2.89. The van der Waals surface area contributed by atoms with Crippen molar-refractivity contribution in [1.29, 1.82) is 0 Å². The van der Waals surface area contributed by atoms with Crippen molar-refractivity contribution in [3.05, 3.63) is 0 Å². The maximum Gasteiger partial charge on any atom is 0.317 e. The van der Waals surface area contributed by atoms with Gasteiger partial charge in [-0.05, 0) is 33.6 Å². The molecule has 2 amide bonds. The fourth-order valence-corrected chi connectivity index (χ4v) is 2.12. The van der Waals surface area contributed by atoms with E-state index in [1.54, 1.807) is 11.9 Å². The minimum absolute atomic E-state index is 0.118. The van der Waals surface area contributed by atoms with Crippen molar-refractivity contribution in [2.45, 2.75) is 57.6 Å². The lowest BCUT2D eigenvalue weighted by Crippen LogP contribution is -2.51. The third kappa shape index (κ3) is 4.00. The molecule has 4 heteroatoms. The molecule has 0 aromatic rings. The Kier molecular flexibility index (Phi) is 3.84. The summed E-state index contributed by atoms with van der Waals surface area (Å²) in [7, 11) is 1.73. The van der Waals surface area contributed by atoms with Crippen molar-refractivity contribution in [3.63, 3.8) is 0 Å². The van der Waals surface area contributed by atoms with Crippen molar-refractivity contribution < 1.29 is 9.90 Å². The number of aliphatic hydroxyl groups is 1. The summed E-state index contributed by atoms with van der Waals surface area (Å²) in [5.74, 6) is 0. The first-order chi connectivity index (χ1) is 7.22. The van der Waals surface area contributed by atoms with Gasteiger partial charge in [0, 0.05) is 12.6 Å². The first-order valence-electron chi connectivity index (χ1n) is 5.98. The van der Waals surface area contributed by atoms with Crippen LogP contribution in [0.4, 0.5) is 4.79 Å². The molecule has 94 valence electrons. The lowest BCUT2D eigenvalue weighted by Gasteiger charge is -2.31. The molecule has 0 spiro atoms. The minimum atomic E-state index is -0.663. The Balaban J connectivity index is 2.45. The normalized spacial score (nSPS) is 19.6. The average molecular weight is 228 g/mol. The van der Waals surface area contributed by atoms with E-state index in [4.69, 9.17) is 0 Å². The Labute approximate surface area is 98.0 Å². The van der Waals surface area contributed by atoms with E-state index in [-0.39, 0.29) is 11.6 Å². The summed E-state index contributed by atoms with van der Waals surface area (Å²) in [5, 5.41) is 13.1. The first-order valence-corrected chi connectivity index (χ1v) is 5.98. The summed E-state index contributed by atoms with van der Waals surface area (Å²) < 4.78 is 0. The molecule has 0 aromatic carbocycles. The second kappa shape index (κ2) is 4.62. The van der Waals surface area contributed by atoms with E-state index >= 15 is 0 Å². The standard InChI is InChI=1S/C12H24N2O2/c1-11(2,3)13-10(15)14(4)9-12(16)7-5-6-8-12/h16H,5-9H2,1-4H3,(H,13,15). The van der Waals surface area contributed by atoms with Crippen LogP contribution < -0.4 is 5.32 Å². The van der Waals surface area contributed by atoms with E-state index in [1.165, 1.54) is 0 Å². The van der Waals surface area contributed by atoms with Gasteiger partial charge in [0.25, 0.3) is 0 Å². The van der Waals surface area contributed by atoms with Crippen molar-refractivity contribution in [3.8, 4) is 0 Å². The van der Waals surface area contributed by atoms with Gasteiger partial charge < -0.3 is 15.3 Å². The van der Waals surface area contributed by atoms with Crippen LogP contribution in [-0.4, -0.2) is 40.8 Å². The maximum atomic E-state index is 11.8. The van der Waals surface area contributed by atoms with Crippen LogP contribution >= 0.6 is 0 Å². The SMILES string of the molecule is CN(CC1(O)CCCC1)C(=O)NC(C)(C)C. The quantitative estimate of drug-likeness (QED) is 0.756. The summed E-state index contributed by atoms with van der Waals surface area (Å²) in [6.07, 6.45) is 3.73. The van der Waals surface area contributed by atoms with Gasteiger partial charge in [0.15, 0.2) is 0 Å². The Morgan fingerprint density at radius 1 is 1.38 bits per heavy atom. The fourth-order valence-electron chi connectivity index (χ4n) is 2.12. The minimum Gasteiger partial charge on any atom is -0.388 e. The largest absolute Gasteiger partial charge is 0.388 e. The lowest BCUT2D eigenvalue weighted by atomic mass is 10.0. The van der Waals surface area contributed by atoms with Crippen LogP contribution in [0.5, 0.6) is 0 Å². The van der Waals surface area contributed by atoms with Crippen LogP contribution in [0.15, 0.2) is 0 Å². The highest BCUT2D eigenvalue weighted by Gasteiger charge is 2.33. The highest BCUT2D eigenvalue weighted by molar-refractivity contribution is 5.74. The van der Waals surface area contributed by atoms with Crippen LogP contribution in [-0.2, 0) is 0 Å². The van der Waals surface area contributed by atoms with E-state index in [9.17, 15) is 9.90 Å². The van der Waals surface area contributed by atoms with Gasteiger partial charge >= 0.3 is 6.03 Å². The molecular weight excluding hydrogens is 204 g/mol. The van der Waals surface area contributed by atoms with Crippen LogP contribution in [0.2, 0.25) is 0 Å². The summed E-state index contributed by atoms with van der Waals surface area (Å²) in [6.45, 7) is 6.27. The number of hydrogen-bond donors (Lipinski definition) is 2. The zero-order valence-corrected chi connectivity index (χ0v) is 10.8. The number of amides is 2. The number of carbonyl (C=O) groups is 1. The van der Waals surface area contributed by atoms with Gasteiger partial charge in [0.1, 0.15) is 0 Å². The summed E-state index contributed by atoms with van der Waals surface area (Å²) >= 11 is 0. The van der Waals surface area contributed by atoms with E-state index in [2.05, 4.69) is 5.32 Å². The molecule has 2 N–H and O–H groups in total. The van der Waals surface area contributed by atoms with Gasteiger partial charge in [0.05, 0.1) is 12.1 Å². The highest BCUT2D eigenvalue weighted by Crippen LogP contribution is 2.29. The molecule has 1 aliphatic carbocycles. The molecule has 0 unspecified atom stereocenters. The molecule has 1 aliphatic rings. The molecule has 4 nitrogen and oxygen atoms in total. The second-order valence-corrected chi connectivity index (χ2v) is 5.97. The Bertz CT molecular complexity index is 252. The molecule has 0 saturated heterocycles. The number of nitrogens with one attached hydrogen (secondary N) is 1.